The van der Waals surface area contributed by atoms with Crippen LogP contribution < -0.4 is 5.32 Å². The molecule has 1 aromatic carbocycles. The Labute approximate surface area is 143 Å². The first-order valence-electron chi connectivity index (χ1n) is 8.06. The molecule has 4 aromatic rings. The normalized spacial score (nSPS) is 11.1. The van der Waals surface area contributed by atoms with E-state index in [-0.39, 0.29) is 0 Å². The molecule has 0 spiro atoms. The molecule has 8 nitrogen and oxygen atoms in total. The van der Waals surface area contributed by atoms with Crippen LogP contribution in [0.1, 0.15) is 24.1 Å². The number of hydrogen-bond acceptors (Lipinski definition) is 7. The Morgan fingerprint density at radius 3 is 2.76 bits per heavy atom. The minimum atomic E-state index is 0.558. The van der Waals surface area contributed by atoms with E-state index in [0.29, 0.717) is 18.3 Å². The van der Waals surface area contributed by atoms with Crippen molar-refractivity contribution in [1.82, 2.24) is 30.0 Å². The van der Waals surface area contributed by atoms with Gasteiger partial charge in [-0.2, -0.15) is 14.6 Å². The molecule has 8 heteroatoms. The topological polar surface area (TPSA) is 94.0 Å². The van der Waals surface area contributed by atoms with E-state index in [1.165, 1.54) is 0 Å². The van der Waals surface area contributed by atoms with Gasteiger partial charge in [0.1, 0.15) is 6.33 Å². The van der Waals surface area contributed by atoms with Crippen molar-refractivity contribution in [3.05, 3.63) is 53.8 Å². The molecule has 0 saturated carbocycles. The number of hydrogen-bond donors (Lipinski definition) is 1. The van der Waals surface area contributed by atoms with Crippen molar-refractivity contribution in [1.29, 1.82) is 0 Å². The molecule has 1 N–H and O–H groups in total. The Bertz CT molecular complexity index is 1000. The molecule has 0 atom stereocenters. The maximum Gasteiger partial charge on any atom is 0.223 e. The maximum atomic E-state index is 5.01. The molecule has 0 radical (unpaired) electrons. The van der Waals surface area contributed by atoms with E-state index in [1.807, 2.05) is 30.3 Å². The van der Waals surface area contributed by atoms with E-state index < -0.39 is 0 Å². The standard InChI is InChI=1S/C17H17N7O/c1-3-14-8-15(17-21-19-10-24(17)22-14)18-9-12-4-6-13(7-5-12)16-20-11(2)25-23-16/h4-8,10,18H,3,9H2,1-2H3. The molecule has 3 heterocycles. The van der Waals surface area contributed by atoms with Gasteiger partial charge in [-0.05, 0) is 18.1 Å². The van der Waals surface area contributed by atoms with Gasteiger partial charge in [0.25, 0.3) is 0 Å². The van der Waals surface area contributed by atoms with Gasteiger partial charge in [-0.3, -0.25) is 0 Å². The molecule has 25 heavy (non-hydrogen) atoms. The lowest BCUT2D eigenvalue weighted by Crippen LogP contribution is -2.05. The van der Waals surface area contributed by atoms with E-state index in [9.17, 15) is 0 Å². The summed E-state index contributed by atoms with van der Waals surface area (Å²) in [6, 6.07) is 10.1. The zero-order chi connectivity index (χ0) is 17.2. The first kappa shape index (κ1) is 15.3. The summed E-state index contributed by atoms with van der Waals surface area (Å²) in [5.74, 6) is 1.16. The highest BCUT2D eigenvalue weighted by atomic mass is 16.5. The predicted octanol–water partition coefficient (Wildman–Crippen LogP) is 2.66. The fourth-order valence-electron chi connectivity index (χ4n) is 2.57. The van der Waals surface area contributed by atoms with Crippen molar-refractivity contribution in [3.8, 4) is 11.4 Å². The number of rotatable bonds is 5. The fraction of sp³-hybridized carbons (Fsp3) is 0.235. The lowest BCUT2D eigenvalue weighted by atomic mass is 10.1. The highest BCUT2D eigenvalue weighted by Gasteiger charge is 2.08. The number of fused-ring (bicyclic) bond motifs is 1. The van der Waals surface area contributed by atoms with E-state index >= 15 is 0 Å². The monoisotopic (exact) mass is 335 g/mol. The Hall–Kier alpha value is -3.29. The summed E-state index contributed by atoms with van der Waals surface area (Å²) in [6.07, 6.45) is 2.46. The molecular formula is C17H17N7O. The molecule has 0 amide bonds. The van der Waals surface area contributed by atoms with Crippen LogP contribution >= 0.6 is 0 Å². The molecule has 4 rings (SSSR count). The maximum absolute atomic E-state index is 5.01. The van der Waals surface area contributed by atoms with Crippen molar-refractivity contribution in [3.63, 3.8) is 0 Å². The SMILES string of the molecule is CCc1cc(NCc2ccc(-c3noc(C)n3)cc2)c2nncn2n1. The lowest BCUT2D eigenvalue weighted by Gasteiger charge is -2.09. The van der Waals surface area contributed by atoms with Crippen molar-refractivity contribution >= 4 is 11.3 Å². The van der Waals surface area contributed by atoms with Crippen LogP contribution in [0.2, 0.25) is 0 Å². The molecule has 0 saturated heterocycles. The van der Waals surface area contributed by atoms with Gasteiger partial charge in [-0.15, -0.1) is 10.2 Å². The predicted molar refractivity (Wildman–Crippen MR) is 92.0 cm³/mol. The number of anilines is 1. The largest absolute Gasteiger partial charge is 0.378 e. The highest BCUT2D eigenvalue weighted by molar-refractivity contribution is 5.66. The molecule has 0 fully saturated rings. The molecule has 0 bridgehead atoms. The minimum absolute atomic E-state index is 0.558. The van der Waals surface area contributed by atoms with Gasteiger partial charge in [0.15, 0.2) is 0 Å². The van der Waals surface area contributed by atoms with Crippen molar-refractivity contribution in [2.24, 2.45) is 0 Å². The number of nitrogens with zero attached hydrogens (tertiary/aromatic N) is 6. The van der Waals surface area contributed by atoms with Gasteiger partial charge in [0, 0.05) is 19.0 Å². The second kappa shape index (κ2) is 6.31. The van der Waals surface area contributed by atoms with Gasteiger partial charge in [0.05, 0.1) is 11.4 Å². The van der Waals surface area contributed by atoms with Crippen LogP contribution in [-0.4, -0.2) is 30.0 Å². The van der Waals surface area contributed by atoms with Gasteiger partial charge in [-0.1, -0.05) is 36.3 Å². The summed E-state index contributed by atoms with van der Waals surface area (Å²) >= 11 is 0. The molecule has 126 valence electrons. The quantitative estimate of drug-likeness (QED) is 0.599. The summed E-state index contributed by atoms with van der Waals surface area (Å²) in [4.78, 5) is 4.23. The Morgan fingerprint density at radius 2 is 2.04 bits per heavy atom. The van der Waals surface area contributed by atoms with Crippen LogP contribution in [0.15, 0.2) is 41.2 Å². The minimum Gasteiger partial charge on any atom is -0.378 e. The zero-order valence-corrected chi connectivity index (χ0v) is 14.0. The fourth-order valence-corrected chi connectivity index (χ4v) is 2.57. The van der Waals surface area contributed by atoms with E-state index in [1.54, 1.807) is 17.8 Å². The molecule has 0 aliphatic carbocycles. The van der Waals surface area contributed by atoms with E-state index in [4.69, 9.17) is 4.52 Å². The summed E-state index contributed by atoms with van der Waals surface area (Å²) in [5.41, 5.74) is 4.69. The third-order valence-electron chi connectivity index (χ3n) is 3.90. The lowest BCUT2D eigenvalue weighted by molar-refractivity contribution is 0.394. The van der Waals surface area contributed by atoms with Gasteiger partial charge in [0.2, 0.25) is 17.4 Å². The van der Waals surface area contributed by atoms with Crippen LogP contribution in [0.4, 0.5) is 5.69 Å². The average Bonchev–Trinajstić information content (AvgIpc) is 3.28. The summed E-state index contributed by atoms with van der Waals surface area (Å²) < 4.78 is 6.71. The summed E-state index contributed by atoms with van der Waals surface area (Å²) in [6.45, 7) is 4.52. The molecule has 0 aliphatic heterocycles. The van der Waals surface area contributed by atoms with Crippen LogP contribution in [0, 0.1) is 6.92 Å². The second-order valence-corrected chi connectivity index (χ2v) is 5.69. The van der Waals surface area contributed by atoms with Gasteiger partial charge in [-0.25, -0.2) is 0 Å². The van der Waals surface area contributed by atoms with E-state index in [2.05, 4.69) is 37.7 Å². The van der Waals surface area contributed by atoms with Crippen LogP contribution in [-0.2, 0) is 13.0 Å². The third-order valence-corrected chi connectivity index (χ3v) is 3.90. The van der Waals surface area contributed by atoms with Gasteiger partial charge >= 0.3 is 0 Å². The molecular weight excluding hydrogens is 318 g/mol. The average molecular weight is 335 g/mol. The highest BCUT2D eigenvalue weighted by Crippen LogP contribution is 2.19. The van der Waals surface area contributed by atoms with Crippen molar-refractivity contribution in [2.75, 3.05) is 5.32 Å². The second-order valence-electron chi connectivity index (χ2n) is 5.69. The van der Waals surface area contributed by atoms with Crippen molar-refractivity contribution < 1.29 is 4.52 Å². The van der Waals surface area contributed by atoms with Crippen LogP contribution in [0.25, 0.3) is 17.0 Å². The number of benzene rings is 1. The summed E-state index contributed by atoms with van der Waals surface area (Å²) in [7, 11) is 0. The Kier molecular flexibility index (Phi) is 3.85. The number of nitrogens with one attached hydrogen (secondary N) is 1. The zero-order valence-electron chi connectivity index (χ0n) is 14.0. The van der Waals surface area contributed by atoms with Crippen LogP contribution in [0.3, 0.4) is 0 Å². The molecule has 0 unspecified atom stereocenters. The number of aromatic nitrogens is 6. The first-order valence-corrected chi connectivity index (χ1v) is 8.06. The smallest absolute Gasteiger partial charge is 0.223 e. The summed E-state index contributed by atoms with van der Waals surface area (Å²) in [5, 5.41) is 19.8. The Balaban J connectivity index is 1.52. The van der Waals surface area contributed by atoms with Gasteiger partial charge < -0.3 is 9.84 Å². The number of aryl methyl sites for hydroxylation is 2. The molecule has 3 aromatic heterocycles. The molecule has 0 aliphatic rings. The van der Waals surface area contributed by atoms with Crippen LogP contribution in [0.5, 0.6) is 0 Å². The third kappa shape index (κ3) is 3.06. The van der Waals surface area contributed by atoms with Crippen molar-refractivity contribution in [2.45, 2.75) is 26.8 Å². The Morgan fingerprint density at radius 1 is 1.20 bits per heavy atom. The first-order chi connectivity index (χ1) is 12.2. The van der Waals surface area contributed by atoms with E-state index in [0.717, 1.165) is 34.6 Å².